The van der Waals surface area contributed by atoms with Gasteiger partial charge in [0.1, 0.15) is 18.2 Å². The molecular weight excluding hydrogens is 468 g/mol. The number of nitrogens with zero attached hydrogens (tertiary/aromatic N) is 1. The van der Waals surface area contributed by atoms with Gasteiger partial charge in [-0.05, 0) is 52.0 Å². The third-order valence-corrected chi connectivity index (χ3v) is 5.67. The van der Waals surface area contributed by atoms with Gasteiger partial charge in [0.15, 0.2) is 0 Å². The van der Waals surface area contributed by atoms with Crippen LogP contribution in [0.2, 0.25) is 0 Å². The molecule has 1 heterocycles. The third-order valence-electron chi connectivity index (χ3n) is 4.91. The molecule has 2 rings (SSSR count). The van der Waals surface area contributed by atoms with Gasteiger partial charge in [0.05, 0.1) is 10.4 Å². The maximum Gasteiger partial charge on any atom is 0.408 e. The lowest BCUT2D eigenvalue weighted by Crippen LogP contribution is -2.50. The van der Waals surface area contributed by atoms with Gasteiger partial charge in [0.25, 0.3) is 0 Å². The lowest BCUT2D eigenvalue weighted by atomic mass is 10.0. The SMILES string of the molecule is CC[C@H](NC(=O)OC(C)(C)C)C(=O)N[C@H](CCCNC(=O)OCc1cncs1)Cc1ccccc1. The summed E-state index contributed by atoms with van der Waals surface area (Å²) in [6.45, 7) is 7.74. The maximum absolute atomic E-state index is 12.9. The van der Waals surface area contributed by atoms with Crippen LogP contribution in [0.25, 0.3) is 0 Å². The highest BCUT2D eigenvalue weighted by Gasteiger charge is 2.25. The molecule has 3 N–H and O–H groups in total. The number of amides is 3. The molecule has 3 amide bonds. The Morgan fingerprint density at radius 3 is 2.46 bits per heavy atom. The average Bonchev–Trinajstić information content (AvgIpc) is 3.32. The molecule has 2 atom stereocenters. The molecule has 0 radical (unpaired) electrons. The number of carbonyl (C=O) groups is 3. The molecule has 9 nitrogen and oxygen atoms in total. The zero-order valence-corrected chi connectivity index (χ0v) is 21.7. The molecule has 0 fully saturated rings. The lowest BCUT2D eigenvalue weighted by molar-refractivity contribution is -0.124. The van der Waals surface area contributed by atoms with Crippen molar-refractivity contribution in [2.75, 3.05) is 6.54 Å². The molecule has 1 aromatic heterocycles. The molecule has 0 aliphatic rings. The highest BCUT2D eigenvalue weighted by atomic mass is 32.1. The minimum absolute atomic E-state index is 0.172. The second-order valence-electron chi connectivity index (χ2n) is 9.12. The van der Waals surface area contributed by atoms with E-state index in [4.69, 9.17) is 9.47 Å². The molecule has 0 aliphatic carbocycles. The molecule has 0 unspecified atom stereocenters. The highest BCUT2D eigenvalue weighted by molar-refractivity contribution is 7.09. The topological polar surface area (TPSA) is 119 Å². The van der Waals surface area contributed by atoms with Crippen LogP contribution < -0.4 is 16.0 Å². The van der Waals surface area contributed by atoms with Crippen molar-refractivity contribution in [3.63, 3.8) is 0 Å². The highest BCUT2D eigenvalue weighted by Crippen LogP contribution is 2.11. The van der Waals surface area contributed by atoms with Crippen molar-refractivity contribution in [3.8, 4) is 0 Å². The lowest BCUT2D eigenvalue weighted by Gasteiger charge is -2.25. The molecule has 1 aromatic carbocycles. The zero-order chi connectivity index (χ0) is 25.7. The summed E-state index contributed by atoms with van der Waals surface area (Å²) in [7, 11) is 0. The van der Waals surface area contributed by atoms with E-state index >= 15 is 0 Å². The second kappa shape index (κ2) is 14.3. The summed E-state index contributed by atoms with van der Waals surface area (Å²) in [4.78, 5) is 41.8. The van der Waals surface area contributed by atoms with Crippen LogP contribution in [0.4, 0.5) is 9.59 Å². The fraction of sp³-hybridized carbons (Fsp3) is 0.520. The molecule has 192 valence electrons. The van der Waals surface area contributed by atoms with Crippen LogP contribution in [0.5, 0.6) is 0 Å². The number of carbonyl (C=O) groups excluding carboxylic acids is 3. The molecule has 35 heavy (non-hydrogen) atoms. The minimum atomic E-state index is -0.706. The average molecular weight is 505 g/mol. The first-order valence-electron chi connectivity index (χ1n) is 11.8. The van der Waals surface area contributed by atoms with E-state index in [1.54, 1.807) is 32.5 Å². The van der Waals surface area contributed by atoms with Crippen LogP contribution >= 0.6 is 11.3 Å². The van der Waals surface area contributed by atoms with Crippen LogP contribution in [-0.4, -0.2) is 47.3 Å². The van der Waals surface area contributed by atoms with Crippen molar-refractivity contribution in [2.24, 2.45) is 0 Å². The molecule has 0 saturated heterocycles. The molecule has 0 bridgehead atoms. The molecule has 0 spiro atoms. The molecule has 10 heteroatoms. The Hall–Kier alpha value is -3.14. The minimum Gasteiger partial charge on any atom is -0.444 e. The number of nitrogens with one attached hydrogen (secondary N) is 3. The van der Waals surface area contributed by atoms with E-state index in [1.807, 2.05) is 37.3 Å². The normalized spacial score (nSPS) is 12.8. The van der Waals surface area contributed by atoms with Crippen molar-refractivity contribution in [2.45, 2.75) is 77.7 Å². The Bertz CT molecular complexity index is 916. The Balaban J connectivity index is 1.86. The number of hydrogen-bond acceptors (Lipinski definition) is 7. The third kappa shape index (κ3) is 11.7. The van der Waals surface area contributed by atoms with E-state index < -0.39 is 23.8 Å². The van der Waals surface area contributed by atoms with Crippen molar-refractivity contribution >= 4 is 29.4 Å². The van der Waals surface area contributed by atoms with Crippen LogP contribution in [0.3, 0.4) is 0 Å². The van der Waals surface area contributed by atoms with E-state index in [0.717, 1.165) is 10.4 Å². The Morgan fingerprint density at radius 2 is 1.83 bits per heavy atom. The zero-order valence-electron chi connectivity index (χ0n) is 20.8. The fourth-order valence-electron chi connectivity index (χ4n) is 3.27. The van der Waals surface area contributed by atoms with Gasteiger partial charge in [-0.2, -0.15) is 0 Å². The largest absolute Gasteiger partial charge is 0.444 e. The second-order valence-corrected chi connectivity index (χ2v) is 10.1. The number of alkyl carbamates (subject to hydrolysis) is 2. The van der Waals surface area contributed by atoms with Gasteiger partial charge in [-0.3, -0.25) is 9.78 Å². The first-order chi connectivity index (χ1) is 16.7. The van der Waals surface area contributed by atoms with Crippen molar-refractivity contribution in [3.05, 3.63) is 52.5 Å². The van der Waals surface area contributed by atoms with Crippen molar-refractivity contribution in [1.82, 2.24) is 20.9 Å². The predicted molar refractivity (Wildman–Crippen MR) is 135 cm³/mol. The fourth-order valence-corrected chi connectivity index (χ4v) is 3.77. The van der Waals surface area contributed by atoms with Crippen LogP contribution in [0, 0.1) is 0 Å². The summed E-state index contributed by atoms with van der Waals surface area (Å²) in [6.07, 6.45) is 2.88. The quantitative estimate of drug-likeness (QED) is 0.373. The van der Waals surface area contributed by atoms with E-state index in [0.29, 0.717) is 32.2 Å². The Labute approximate surface area is 211 Å². The smallest absolute Gasteiger partial charge is 0.408 e. The van der Waals surface area contributed by atoms with Crippen molar-refractivity contribution in [1.29, 1.82) is 0 Å². The van der Waals surface area contributed by atoms with Crippen LogP contribution in [0.1, 0.15) is 57.4 Å². The van der Waals surface area contributed by atoms with E-state index in [2.05, 4.69) is 20.9 Å². The summed E-state index contributed by atoms with van der Waals surface area (Å²) < 4.78 is 10.5. The standard InChI is InChI=1S/C25H36N4O5S/c1-5-21(29-24(32)34-25(2,3)4)22(30)28-19(14-18-10-7-6-8-11-18)12-9-13-27-23(31)33-16-20-15-26-17-35-20/h6-8,10-11,15,17,19,21H,5,9,12-14,16H2,1-4H3,(H,27,31)(H,28,30)(H,29,32)/t19-,21+/m1/s1. The van der Waals surface area contributed by atoms with Gasteiger partial charge >= 0.3 is 12.2 Å². The van der Waals surface area contributed by atoms with Crippen LogP contribution in [-0.2, 0) is 27.3 Å². The van der Waals surface area contributed by atoms with Gasteiger partial charge in [0.2, 0.25) is 5.91 Å². The number of benzene rings is 1. The van der Waals surface area contributed by atoms with E-state index in [9.17, 15) is 14.4 Å². The van der Waals surface area contributed by atoms with E-state index in [-0.39, 0.29) is 18.6 Å². The van der Waals surface area contributed by atoms with Crippen molar-refractivity contribution < 1.29 is 23.9 Å². The summed E-state index contributed by atoms with van der Waals surface area (Å²) >= 11 is 1.42. The van der Waals surface area contributed by atoms with Gasteiger partial charge in [-0.1, -0.05) is 37.3 Å². The predicted octanol–water partition coefficient (Wildman–Crippen LogP) is 4.18. The first-order valence-corrected chi connectivity index (χ1v) is 12.7. The summed E-state index contributed by atoms with van der Waals surface area (Å²) in [5.74, 6) is -0.267. The number of rotatable bonds is 12. The Kier molecular flexibility index (Phi) is 11.5. The number of hydrogen-bond donors (Lipinski definition) is 3. The molecular formula is C25H36N4O5S. The molecule has 2 aromatic rings. The van der Waals surface area contributed by atoms with Gasteiger partial charge < -0.3 is 25.4 Å². The Morgan fingerprint density at radius 1 is 1.09 bits per heavy atom. The first kappa shape index (κ1) is 28.1. The number of thiazole rings is 1. The maximum atomic E-state index is 12.9. The van der Waals surface area contributed by atoms with Gasteiger partial charge in [-0.25, -0.2) is 9.59 Å². The van der Waals surface area contributed by atoms with Gasteiger partial charge in [0, 0.05) is 18.8 Å². The number of aromatic nitrogens is 1. The van der Waals surface area contributed by atoms with Gasteiger partial charge in [-0.15, -0.1) is 11.3 Å². The summed E-state index contributed by atoms with van der Waals surface area (Å²) in [6, 6.07) is 8.98. The van der Waals surface area contributed by atoms with Crippen LogP contribution in [0.15, 0.2) is 42.0 Å². The number of ether oxygens (including phenoxy) is 2. The summed E-state index contributed by atoms with van der Waals surface area (Å²) in [5.41, 5.74) is 2.12. The molecule has 0 saturated carbocycles. The molecule has 0 aliphatic heterocycles. The summed E-state index contributed by atoms with van der Waals surface area (Å²) in [5, 5.41) is 8.44. The monoisotopic (exact) mass is 504 g/mol. The van der Waals surface area contributed by atoms with E-state index in [1.165, 1.54) is 11.3 Å².